The van der Waals surface area contributed by atoms with Crippen molar-refractivity contribution in [1.29, 1.82) is 0 Å². The highest BCUT2D eigenvalue weighted by atomic mass is 16.5. The number of nitrogens with zero attached hydrogens (tertiary/aromatic N) is 3. The molecule has 0 bridgehead atoms. The summed E-state index contributed by atoms with van der Waals surface area (Å²) >= 11 is 0. The van der Waals surface area contributed by atoms with Crippen LogP contribution in [-0.4, -0.2) is 59.5 Å². The number of carbonyl (C=O) groups is 2. The van der Waals surface area contributed by atoms with Crippen LogP contribution < -0.4 is 5.32 Å². The number of benzene rings is 1. The molecule has 0 radical (unpaired) electrons. The Hall–Kier alpha value is -2.67. The van der Waals surface area contributed by atoms with Crippen LogP contribution in [0, 0.1) is 6.92 Å². The van der Waals surface area contributed by atoms with Gasteiger partial charge in [-0.25, -0.2) is 0 Å². The van der Waals surface area contributed by atoms with Crippen molar-refractivity contribution in [2.45, 2.75) is 32.1 Å². The molecular weight excluding hydrogens is 356 g/mol. The average Bonchev–Trinajstić information content (AvgIpc) is 3.12. The number of fused-ring (bicyclic) bond motifs is 1. The maximum absolute atomic E-state index is 13.1. The molecule has 1 saturated heterocycles. The second kappa shape index (κ2) is 8.14. The van der Waals surface area contributed by atoms with Gasteiger partial charge < -0.3 is 14.7 Å². The SMILES string of the molecule is Cc1cc(NC(=O)CN2CCN(C(=O)C3CCCc4ccccc43)CC2)no1. The van der Waals surface area contributed by atoms with E-state index in [0.29, 0.717) is 44.3 Å². The average molecular weight is 382 g/mol. The van der Waals surface area contributed by atoms with Gasteiger partial charge in [0.25, 0.3) is 0 Å². The van der Waals surface area contributed by atoms with Crippen LogP contribution in [0.5, 0.6) is 0 Å². The standard InChI is InChI=1S/C21H26N4O3/c1-15-13-19(23-28-15)22-20(26)14-24-9-11-25(12-10-24)21(27)18-8-4-6-16-5-2-3-7-17(16)18/h2-3,5,7,13,18H,4,6,8-12,14H2,1H3,(H,22,23,26). The Morgan fingerprint density at radius 2 is 2.00 bits per heavy atom. The van der Waals surface area contributed by atoms with Gasteiger partial charge in [-0.15, -0.1) is 0 Å². The largest absolute Gasteiger partial charge is 0.360 e. The minimum absolute atomic E-state index is 0.0183. The number of amides is 2. The molecule has 1 aromatic carbocycles. The molecular formula is C21H26N4O3. The molecule has 28 heavy (non-hydrogen) atoms. The van der Waals surface area contributed by atoms with Crippen LogP contribution in [0.2, 0.25) is 0 Å². The van der Waals surface area contributed by atoms with E-state index in [9.17, 15) is 9.59 Å². The fourth-order valence-electron chi connectivity index (χ4n) is 4.17. The van der Waals surface area contributed by atoms with Crippen LogP contribution in [0.25, 0.3) is 0 Å². The first kappa shape index (κ1) is 18.7. The molecule has 1 fully saturated rings. The number of anilines is 1. The molecule has 2 aliphatic rings. The zero-order valence-corrected chi connectivity index (χ0v) is 16.2. The van der Waals surface area contributed by atoms with Crippen LogP contribution in [0.15, 0.2) is 34.9 Å². The van der Waals surface area contributed by atoms with Crippen molar-refractivity contribution in [2.24, 2.45) is 0 Å². The summed E-state index contributed by atoms with van der Waals surface area (Å²) in [6.07, 6.45) is 3.05. The highest BCUT2D eigenvalue weighted by molar-refractivity contribution is 5.91. The molecule has 2 aromatic rings. The monoisotopic (exact) mass is 382 g/mol. The van der Waals surface area contributed by atoms with Gasteiger partial charge in [-0.1, -0.05) is 29.4 Å². The molecule has 4 rings (SSSR count). The number of carbonyl (C=O) groups excluding carboxylic acids is 2. The molecule has 148 valence electrons. The fraction of sp³-hybridized carbons (Fsp3) is 0.476. The maximum Gasteiger partial charge on any atom is 0.239 e. The summed E-state index contributed by atoms with van der Waals surface area (Å²) in [4.78, 5) is 29.3. The third-order valence-corrected chi connectivity index (χ3v) is 5.61. The molecule has 1 aliphatic carbocycles. The van der Waals surface area contributed by atoms with Gasteiger partial charge in [0.2, 0.25) is 11.8 Å². The van der Waals surface area contributed by atoms with Crippen LogP contribution in [0.3, 0.4) is 0 Å². The number of rotatable bonds is 4. The normalized spacial score (nSPS) is 19.9. The number of piperazine rings is 1. The molecule has 7 heteroatoms. The topological polar surface area (TPSA) is 78.7 Å². The van der Waals surface area contributed by atoms with Crippen LogP contribution in [0.1, 0.15) is 35.6 Å². The predicted molar refractivity (Wildman–Crippen MR) is 105 cm³/mol. The Morgan fingerprint density at radius 3 is 2.75 bits per heavy atom. The first-order chi connectivity index (χ1) is 13.6. The van der Waals surface area contributed by atoms with Gasteiger partial charge in [-0.05, 0) is 37.3 Å². The molecule has 0 spiro atoms. The van der Waals surface area contributed by atoms with E-state index in [1.54, 1.807) is 13.0 Å². The Labute approximate surface area is 164 Å². The van der Waals surface area contributed by atoms with E-state index in [4.69, 9.17) is 4.52 Å². The zero-order valence-electron chi connectivity index (χ0n) is 16.2. The summed E-state index contributed by atoms with van der Waals surface area (Å²) < 4.78 is 4.96. The van der Waals surface area contributed by atoms with E-state index in [2.05, 4.69) is 33.6 Å². The minimum Gasteiger partial charge on any atom is -0.360 e. The molecule has 1 aromatic heterocycles. The predicted octanol–water partition coefficient (Wildman–Crippen LogP) is 2.19. The second-order valence-electron chi connectivity index (χ2n) is 7.62. The lowest BCUT2D eigenvalue weighted by Crippen LogP contribution is -2.51. The van der Waals surface area contributed by atoms with Gasteiger partial charge in [0.15, 0.2) is 5.82 Å². The Morgan fingerprint density at radius 1 is 1.21 bits per heavy atom. The molecule has 0 saturated carbocycles. The number of nitrogens with one attached hydrogen (secondary N) is 1. The van der Waals surface area contributed by atoms with Crippen molar-refractivity contribution in [3.05, 3.63) is 47.2 Å². The van der Waals surface area contributed by atoms with Gasteiger partial charge in [-0.3, -0.25) is 14.5 Å². The Kier molecular flexibility index (Phi) is 5.43. The Balaban J connectivity index is 1.29. The third kappa shape index (κ3) is 4.09. The van der Waals surface area contributed by atoms with E-state index in [-0.39, 0.29) is 17.7 Å². The minimum atomic E-state index is -0.116. The van der Waals surface area contributed by atoms with Crippen LogP contribution >= 0.6 is 0 Å². The van der Waals surface area contributed by atoms with Crippen molar-refractivity contribution in [3.8, 4) is 0 Å². The van der Waals surface area contributed by atoms with Gasteiger partial charge in [0.1, 0.15) is 5.76 Å². The summed E-state index contributed by atoms with van der Waals surface area (Å²) in [5.41, 5.74) is 2.51. The van der Waals surface area contributed by atoms with Crippen molar-refractivity contribution in [2.75, 3.05) is 38.0 Å². The molecule has 7 nitrogen and oxygen atoms in total. The van der Waals surface area contributed by atoms with E-state index in [1.165, 1.54) is 11.1 Å². The third-order valence-electron chi connectivity index (χ3n) is 5.61. The van der Waals surface area contributed by atoms with Gasteiger partial charge in [0, 0.05) is 32.2 Å². The summed E-state index contributed by atoms with van der Waals surface area (Å²) in [7, 11) is 0. The lowest BCUT2D eigenvalue weighted by Gasteiger charge is -2.37. The molecule has 1 aliphatic heterocycles. The molecule has 1 unspecified atom stereocenters. The second-order valence-corrected chi connectivity index (χ2v) is 7.62. The van der Waals surface area contributed by atoms with E-state index in [0.717, 1.165) is 19.3 Å². The van der Waals surface area contributed by atoms with Crippen molar-refractivity contribution in [3.63, 3.8) is 0 Å². The highest BCUT2D eigenvalue weighted by Crippen LogP contribution is 2.33. The van der Waals surface area contributed by atoms with Crippen molar-refractivity contribution >= 4 is 17.6 Å². The van der Waals surface area contributed by atoms with E-state index in [1.807, 2.05) is 11.0 Å². The first-order valence-electron chi connectivity index (χ1n) is 9.92. The number of hydrogen-bond acceptors (Lipinski definition) is 5. The molecule has 2 amide bonds. The highest BCUT2D eigenvalue weighted by Gasteiger charge is 2.31. The number of aromatic nitrogens is 1. The van der Waals surface area contributed by atoms with Gasteiger partial charge in [-0.2, -0.15) is 0 Å². The van der Waals surface area contributed by atoms with Gasteiger partial charge in [0.05, 0.1) is 12.5 Å². The molecule has 1 atom stereocenters. The summed E-state index contributed by atoms with van der Waals surface area (Å²) in [5, 5.41) is 6.52. The quantitative estimate of drug-likeness (QED) is 0.877. The maximum atomic E-state index is 13.1. The number of aryl methyl sites for hydroxylation is 2. The van der Waals surface area contributed by atoms with E-state index < -0.39 is 0 Å². The summed E-state index contributed by atoms with van der Waals surface area (Å²) in [6.45, 7) is 4.79. The first-order valence-corrected chi connectivity index (χ1v) is 9.92. The van der Waals surface area contributed by atoms with Gasteiger partial charge >= 0.3 is 0 Å². The molecule has 2 heterocycles. The van der Waals surface area contributed by atoms with E-state index >= 15 is 0 Å². The van der Waals surface area contributed by atoms with Crippen LogP contribution in [-0.2, 0) is 16.0 Å². The smallest absolute Gasteiger partial charge is 0.239 e. The van der Waals surface area contributed by atoms with Crippen molar-refractivity contribution in [1.82, 2.24) is 15.0 Å². The molecule has 1 N–H and O–H groups in total. The summed E-state index contributed by atoms with van der Waals surface area (Å²) in [5.74, 6) is 1.19. The lowest BCUT2D eigenvalue weighted by molar-refractivity contribution is -0.135. The number of hydrogen-bond donors (Lipinski definition) is 1. The Bertz CT molecular complexity index is 855. The fourth-order valence-corrected chi connectivity index (χ4v) is 4.17. The lowest BCUT2D eigenvalue weighted by atomic mass is 9.82. The van der Waals surface area contributed by atoms with Crippen molar-refractivity contribution < 1.29 is 14.1 Å². The zero-order chi connectivity index (χ0) is 19.5. The van der Waals surface area contributed by atoms with Crippen LogP contribution in [0.4, 0.5) is 5.82 Å². The summed E-state index contributed by atoms with van der Waals surface area (Å²) in [6, 6.07) is 10.0.